The third kappa shape index (κ3) is 3.08. The van der Waals surface area contributed by atoms with Gasteiger partial charge in [0.05, 0.1) is 22.7 Å². The summed E-state index contributed by atoms with van der Waals surface area (Å²) in [5.41, 5.74) is 1.35. The second-order valence-electron chi connectivity index (χ2n) is 4.45. The van der Waals surface area contributed by atoms with Crippen LogP contribution >= 0.6 is 23.2 Å². The summed E-state index contributed by atoms with van der Waals surface area (Å²) in [6.07, 6.45) is 1.36. The molecule has 0 saturated heterocycles. The first kappa shape index (κ1) is 14.8. The van der Waals surface area contributed by atoms with Crippen molar-refractivity contribution in [2.45, 2.75) is 13.3 Å². The molecule has 0 spiro atoms. The van der Waals surface area contributed by atoms with Crippen LogP contribution in [0.2, 0.25) is 10.0 Å². The normalized spacial score (nSPS) is 10.6. The van der Waals surface area contributed by atoms with Crippen molar-refractivity contribution < 1.29 is 9.59 Å². The SMILES string of the molecule is Cc1nn(C)cc1C(=O)CC(=O)c1ccc(Cl)cc1Cl. The molecule has 0 unspecified atom stereocenters. The van der Waals surface area contributed by atoms with Crippen LogP contribution in [0.3, 0.4) is 0 Å². The summed E-state index contributed by atoms with van der Waals surface area (Å²) < 4.78 is 1.54. The van der Waals surface area contributed by atoms with Crippen LogP contribution in [-0.2, 0) is 7.05 Å². The lowest BCUT2D eigenvalue weighted by atomic mass is 10.0. The van der Waals surface area contributed by atoms with Crippen molar-refractivity contribution in [2.75, 3.05) is 0 Å². The third-order valence-electron chi connectivity index (χ3n) is 2.87. The van der Waals surface area contributed by atoms with Crippen molar-refractivity contribution in [3.63, 3.8) is 0 Å². The molecule has 2 rings (SSSR count). The number of carbonyl (C=O) groups is 2. The van der Waals surface area contributed by atoms with E-state index >= 15 is 0 Å². The molecule has 0 radical (unpaired) electrons. The molecule has 0 saturated carbocycles. The van der Waals surface area contributed by atoms with E-state index in [4.69, 9.17) is 23.2 Å². The first-order valence-corrected chi connectivity index (χ1v) is 6.65. The number of rotatable bonds is 4. The number of hydrogen-bond acceptors (Lipinski definition) is 3. The van der Waals surface area contributed by atoms with Gasteiger partial charge in [0, 0.05) is 23.8 Å². The zero-order chi connectivity index (χ0) is 14.9. The van der Waals surface area contributed by atoms with Gasteiger partial charge in [0.2, 0.25) is 0 Å². The van der Waals surface area contributed by atoms with E-state index in [1.807, 2.05) is 0 Å². The maximum Gasteiger partial charge on any atom is 0.174 e. The first-order chi connectivity index (χ1) is 9.38. The Morgan fingerprint density at radius 1 is 1.20 bits per heavy atom. The highest BCUT2D eigenvalue weighted by atomic mass is 35.5. The lowest BCUT2D eigenvalue weighted by molar-refractivity contribution is 0.0894. The van der Waals surface area contributed by atoms with E-state index in [2.05, 4.69) is 5.10 Å². The van der Waals surface area contributed by atoms with Crippen molar-refractivity contribution >= 4 is 34.8 Å². The van der Waals surface area contributed by atoms with E-state index in [-0.39, 0.29) is 23.0 Å². The quantitative estimate of drug-likeness (QED) is 0.641. The highest BCUT2D eigenvalue weighted by Crippen LogP contribution is 2.23. The van der Waals surface area contributed by atoms with Crippen LogP contribution in [0, 0.1) is 6.92 Å². The Bertz CT molecular complexity index is 692. The fraction of sp³-hybridized carbons (Fsp3) is 0.214. The largest absolute Gasteiger partial charge is 0.294 e. The smallest absolute Gasteiger partial charge is 0.174 e. The number of nitrogens with zero attached hydrogens (tertiary/aromatic N) is 2. The maximum absolute atomic E-state index is 12.1. The van der Waals surface area contributed by atoms with E-state index in [9.17, 15) is 9.59 Å². The minimum Gasteiger partial charge on any atom is -0.294 e. The summed E-state index contributed by atoms with van der Waals surface area (Å²) in [6, 6.07) is 4.58. The number of aryl methyl sites for hydroxylation is 2. The monoisotopic (exact) mass is 310 g/mol. The van der Waals surface area contributed by atoms with Crippen LogP contribution in [0.25, 0.3) is 0 Å². The fourth-order valence-corrected chi connectivity index (χ4v) is 2.44. The maximum atomic E-state index is 12.1. The summed E-state index contributed by atoms with van der Waals surface area (Å²) in [5.74, 6) is -0.605. The molecular weight excluding hydrogens is 299 g/mol. The van der Waals surface area contributed by atoms with Gasteiger partial charge in [-0.05, 0) is 25.1 Å². The molecule has 0 aliphatic rings. The molecule has 4 nitrogen and oxygen atoms in total. The van der Waals surface area contributed by atoms with Crippen LogP contribution < -0.4 is 0 Å². The molecule has 1 heterocycles. The Hall–Kier alpha value is -1.65. The molecular formula is C14H12Cl2N2O2. The number of Topliss-reactive ketones (excluding diaryl/α,β-unsaturated/α-hetero) is 2. The van der Waals surface area contributed by atoms with Gasteiger partial charge in [-0.3, -0.25) is 14.3 Å². The second kappa shape index (κ2) is 5.77. The minimum absolute atomic E-state index is 0.242. The Morgan fingerprint density at radius 2 is 1.85 bits per heavy atom. The van der Waals surface area contributed by atoms with E-state index < -0.39 is 0 Å². The summed E-state index contributed by atoms with van der Waals surface area (Å²) in [6.45, 7) is 1.73. The van der Waals surface area contributed by atoms with Crippen LogP contribution in [-0.4, -0.2) is 21.3 Å². The van der Waals surface area contributed by atoms with E-state index in [1.165, 1.54) is 12.1 Å². The topological polar surface area (TPSA) is 52.0 Å². The van der Waals surface area contributed by atoms with Crippen LogP contribution in [0.5, 0.6) is 0 Å². The van der Waals surface area contributed by atoms with Gasteiger partial charge >= 0.3 is 0 Å². The van der Waals surface area contributed by atoms with E-state index in [0.717, 1.165) is 0 Å². The first-order valence-electron chi connectivity index (χ1n) is 5.90. The number of ketones is 2. The van der Waals surface area contributed by atoms with Crippen molar-refractivity contribution in [3.05, 3.63) is 51.3 Å². The minimum atomic E-state index is -0.333. The molecule has 0 bridgehead atoms. The van der Waals surface area contributed by atoms with Crippen molar-refractivity contribution in [3.8, 4) is 0 Å². The highest BCUT2D eigenvalue weighted by molar-refractivity contribution is 6.37. The molecule has 0 aliphatic heterocycles. The van der Waals surface area contributed by atoms with E-state index in [0.29, 0.717) is 21.8 Å². The van der Waals surface area contributed by atoms with Gasteiger partial charge in [-0.2, -0.15) is 5.10 Å². The highest BCUT2D eigenvalue weighted by Gasteiger charge is 2.19. The summed E-state index contributed by atoms with van der Waals surface area (Å²) in [5, 5.41) is 4.78. The van der Waals surface area contributed by atoms with E-state index in [1.54, 1.807) is 30.9 Å². The molecule has 20 heavy (non-hydrogen) atoms. The summed E-state index contributed by atoms with van der Waals surface area (Å²) in [4.78, 5) is 24.2. The molecule has 2 aromatic rings. The van der Waals surface area contributed by atoms with Gasteiger partial charge in [0.25, 0.3) is 0 Å². The van der Waals surface area contributed by atoms with Gasteiger partial charge < -0.3 is 0 Å². The lowest BCUT2D eigenvalue weighted by Gasteiger charge is -2.03. The zero-order valence-electron chi connectivity index (χ0n) is 11.0. The number of benzene rings is 1. The molecule has 1 aromatic heterocycles. The van der Waals surface area contributed by atoms with Crippen molar-refractivity contribution in [2.24, 2.45) is 7.05 Å². The third-order valence-corrected chi connectivity index (χ3v) is 3.41. The molecule has 0 fully saturated rings. The Labute approximate surface area is 126 Å². The number of aromatic nitrogens is 2. The Morgan fingerprint density at radius 3 is 2.40 bits per heavy atom. The molecule has 0 atom stereocenters. The molecule has 6 heteroatoms. The van der Waals surface area contributed by atoms with Crippen LogP contribution in [0.4, 0.5) is 0 Å². The second-order valence-corrected chi connectivity index (χ2v) is 5.29. The molecule has 104 valence electrons. The number of carbonyl (C=O) groups excluding carboxylic acids is 2. The Kier molecular flexibility index (Phi) is 4.26. The predicted octanol–water partition coefficient (Wildman–Crippen LogP) is 3.49. The van der Waals surface area contributed by atoms with Crippen LogP contribution in [0.15, 0.2) is 24.4 Å². The summed E-state index contributed by atoms with van der Waals surface area (Å²) >= 11 is 11.7. The summed E-state index contributed by atoms with van der Waals surface area (Å²) in [7, 11) is 1.72. The zero-order valence-corrected chi connectivity index (χ0v) is 12.5. The molecule has 0 amide bonds. The average molecular weight is 311 g/mol. The Balaban J connectivity index is 2.19. The van der Waals surface area contributed by atoms with Gasteiger partial charge in [-0.1, -0.05) is 23.2 Å². The lowest BCUT2D eigenvalue weighted by Crippen LogP contribution is -2.09. The van der Waals surface area contributed by atoms with Gasteiger partial charge in [0.15, 0.2) is 11.6 Å². The van der Waals surface area contributed by atoms with Crippen molar-refractivity contribution in [1.82, 2.24) is 9.78 Å². The average Bonchev–Trinajstić information content (AvgIpc) is 2.68. The molecule has 0 aliphatic carbocycles. The molecule has 0 N–H and O–H groups in total. The number of halogens is 2. The van der Waals surface area contributed by atoms with Gasteiger partial charge in [0.1, 0.15) is 0 Å². The van der Waals surface area contributed by atoms with Crippen molar-refractivity contribution in [1.29, 1.82) is 0 Å². The standard InChI is InChI=1S/C14H12Cl2N2O2/c1-8-11(7-18(2)17-8)14(20)6-13(19)10-4-3-9(15)5-12(10)16/h3-5,7H,6H2,1-2H3. The van der Waals surface area contributed by atoms with Gasteiger partial charge in [-0.15, -0.1) is 0 Å². The molecule has 1 aromatic carbocycles. The number of hydrogen-bond donors (Lipinski definition) is 0. The van der Waals surface area contributed by atoms with Crippen LogP contribution in [0.1, 0.15) is 32.8 Å². The van der Waals surface area contributed by atoms with Gasteiger partial charge in [-0.25, -0.2) is 0 Å². The predicted molar refractivity (Wildman–Crippen MR) is 77.7 cm³/mol. The fourth-order valence-electron chi connectivity index (χ4n) is 1.93.